The van der Waals surface area contributed by atoms with Crippen LogP contribution in [0.4, 0.5) is 5.69 Å². The predicted octanol–water partition coefficient (Wildman–Crippen LogP) is 3.62. The normalized spacial score (nSPS) is 16.7. The Labute approximate surface area is 130 Å². The number of carbonyl (C=O) groups excluding carboxylic acids is 1. The van der Waals surface area contributed by atoms with Crippen LogP contribution >= 0.6 is 12.4 Å². The number of furan rings is 1. The van der Waals surface area contributed by atoms with Crippen molar-refractivity contribution in [3.05, 3.63) is 30.0 Å². The van der Waals surface area contributed by atoms with E-state index in [1.165, 1.54) is 12.5 Å². The minimum atomic E-state index is -0.0475. The number of amides is 1. The number of nitrogens with one attached hydrogen (secondary N) is 1. The average Bonchev–Trinajstić information content (AvgIpc) is 2.82. The van der Waals surface area contributed by atoms with Gasteiger partial charge in [-0.1, -0.05) is 0 Å². The Morgan fingerprint density at radius 1 is 1.33 bits per heavy atom. The monoisotopic (exact) mass is 308 g/mol. The Kier molecular flexibility index (Phi) is 4.91. The number of fused-ring (bicyclic) bond motifs is 1. The van der Waals surface area contributed by atoms with Gasteiger partial charge in [0.2, 0.25) is 5.91 Å². The van der Waals surface area contributed by atoms with Crippen molar-refractivity contribution in [1.82, 2.24) is 4.90 Å². The van der Waals surface area contributed by atoms with Crippen molar-refractivity contribution in [2.75, 3.05) is 25.5 Å². The van der Waals surface area contributed by atoms with Gasteiger partial charge < -0.3 is 14.6 Å². The Bertz CT molecular complexity index is 630. The molecule has 2 aromatic rings. The predicted molar refractivity (Wildman–Crippen MR) is 87.2 cm³/mol. The van der Waals surface area contributed by atoms with Gasteiger partial charge in [0.1, 0.15) is 5.58 Å². The third-order valence-electron chi connectivity index (χ3n) is 4.08. The molecule has 2 heterocycles. The molecule has 1 fully saturated rings. The van der Waals surface area contributed by atoms with Crippen LogP contribution in [-0.2, 0) is 4.79 Å². The largest absolute Gasteiger partial charge is 0.464 e. The number of nitrogens with zero attached hydrogens (tertiary/aromatic N) is 1. The van der Waals surface area contributed by atoms with Crippen molar-refractivity contribution in [1.29, 1.82) is 0 Å². The van der Waals surface area contributed by atoms with E-state index in [0.29, 0.717) is 5.92 Å². The summed E-state index contributed by atoms with van der Waals surface area (Å²) in [7, 11) is 2.17. The molecule has 0 radical (unpaired) electrons. The molecule has 3 rings (SSSR count). The number of anilines is 1. The summed E-state index contributed by atoms with van der Waals surface area (Å²) in [5.41, 5.74) is 3.01. The lowest BCUT2D eigenvalue weighted by molar-refractivity contribution is -0.114. The van der Waals surface area contributed by atoms with Gasteiger partial charge in [-0.2, -0.15) is 0 Å². The summed E-state index contributed by atoms with van der Waals surface area (Å²) in [4.78, 5) is 13.5. The van der Waals surface area contributed by atoms with Crippen LogP contribution in [0.1, 0.15) is 31.2 Å². The van der Waals surface area contributed by atoms with Gasteiger partial charge in [-0.25, -0.2) is 0 Å². The summed E-state index contributed by atoms with van der Waals surface area (Å²) in [5, 5.41) is 3.97. The zero-order chi connectivity index (χ0) is 14.1. The molecule has 0 unspecified atom stereocenters. The third-order valence-corrected chi connectivity index (χ3v) is 4.08. The molecule has 0 bridgehead atoms. The number of rotatable bonds is 2. The van der Waals surface area contributed by atoms with Crippen LogP contribution in [0.2, 0.25) is 0 Å². The maximum Gasteiger partial charge on any atom is 0.221 e. The molecule has 1 amide bonds. The Hall–Kier alpha value is -1.52. The summed E-state index contributed by atoms with van der Waals surface area (Å²) in [6, 6.07) is 5.83. The molecule has 4 nitrogen and oxygen atoms in total. The van der Waals surface area contributed by atoms with Gasteiger partial charge in [0.15, 0.2) is 0 Å². The van der Waals surface area contributed by atoms with Crippen LogP contribution in [0.15, 0.2) is 28.9 Å². The molecule has 1 aliphatic rings. The molecular formula is C16H21ClN2O2. The lowest BCUT2D eigenvalue weighted by atomic mass is 9.89. The second kappa shape index (κ2) is 6.50. The lowest BCUT2D eigenvalue weighted by Gasteiger charge is -2.28. The number of benzene rings is 1. The molecule has 5 heteroatoms. The number of carbonyl (C=O) groups is 1. The number of hydrogen-bond acceptors (Lipinski definition) is 3. The van der Waals surface area contributed by atoms with Crippen molar-refractivity contribution in [2.24, 2.45) is 0 Å². The van der Waals surface area contributed by atoms with Crippen LogP contribution < -0.4 is 5.32 Å². The molecule has 1 aliphatic heterocycles. The molecule has 114 valence electrons. The number of hydrogen-bond donors (Lipinski definition) is 1. The third kappa shape index (κ3) is 3.39. The summed E-state index contributed by atoms with van der Waals surface area (Å²) in [5.74, 6) is 0.508. The molecule has 1 saturated heterocycles. The first-order valence-corrected chi connectivity index (χ1v) is 7.11. The summed E-state index contributed by atoms with van der Waals surface area (Å²) >= 11 is 0. The van der Waals surface area contributed by atoms with E-state index in [0.717, 1.165) is 42.6 Å². The van der Waals surface area contributed by atoms with Crippen molar-refractivity contribution < 1.29 is 9.21 Å². The fourth-order valence-electron chi connectivity index (χ4n) is 2.97. The van der Waals surface area contributed by atoms with E-state index in [-0.39, 0.29) is 18.3 Å². The van der Waals surface area contributed by atoms with Crippen LogP contribution in [0.25, 0.3) is 11.0 Å². The van der Waals surface area contributed by atoms with Crippen LogP contribution in [0.5, 0.6) is 0 Å². The van der Waals surface area contributed by atoms with Gasteiger partial charge in [-0.15, -0.1) is 12.4 Å². The van der Waals surface area contributed by atoms with Gasteiger partial charge in [-0.3, -0.25) is 4.79 Å². The minimum absolute atomic E-state index is 0. The fraction of sp³-hybridized carbons (Fsp3) is 0.438. The van der Waals surface area contributed by atoms with Crippen LogP contribution in [0, 0.1) is 0 Å². The first kappa shape index (κ1) is 15.9. The van der Waals surface area contributed by atoms with Crippen molar-refractivity contribution in [3.63, 3.8) is 0 Å². The molecule has 1 N–H and O–H groups in total. The van der Waals surface area contributed by atoms with E-state index in [1.54, 1.807) is 0 Å². The summed E-state index contributed by atoms with van der Waals surface area (Å²) in [6.07, 6.45) is 4.21. The minimum Gasteiger partial charge on any atom is -0.464 e. The Morgan fingerprint density at radius 3 is 2.71 bits per heavy atom. The van der Waals surface area contributed by atoms with Gasteiger partial charge in [-0.05, 0) is 57.1 Å². The van der Waals surface area contributed by atoms with E-state index in [9.17, 15) is 4.79 Å². The SMILES string of the molecule is CC(=O)Nc1ccc2occ(C3CCN(C)CC3)c2c1.Cl. The maximum atomic E-state index is 11.2. The van der Waals surface area contributed by atoms with Crippen LogP contribution in [0.3, 0.4) is 0 Å². The second-order valence-corrected chi connectivity index (χ2v) is 5.66. The van der Waals surface area contributed by atoms with E-state index in [2.05, 4.69) is 17.3 Å². The van der Waals surface area contributed by atoms with Crippen molar-refractivity contribution in [2.45, 2.75) is 25.7 Å². The first-order valence-electron chi connectivity index (χ1n) is 7.11. The number of piperidine rings is 1. The molecular weight excluding hydrogens is 288 g/mol. The Balaban J connectivity index is 0.00000161. The molecule has 0 spiro atoms. The highest BCUT2D eigenvalue weighted by molar-refractivity contribution is 5.93. The average molecular weight is 309 g/mol. The number of halogens is 1. The second-order valence-electron chi connectivity index (χ2n) is 5.66. The van der Waals surface area contributed by atoms with Gasteiger partial charge in [0.05, 0.1) is 6.26 Å². The van der Waals surface area contributed by atoms with E-state index >= 15 is 0 Å². The highest BCUT2D eigenvalue weighted by atomic mass is 35.5. The highest BCUT2D eigenvalue weighted by Crippen LogP contribution is 2.35. The summed E-state index contributed by atoms with van der Waals surface area (Å²) in [6.45, 7) is 3.78. The fourth-order valence-corrected chi connectivity index (χ4v) is 2.97. The van der Waals surface area contributed by atoms with E-state index in [1.807, 2.05) is 24.5 Å². The van der Waals surface area contributed by atoms with Gasteiger partial charge >= 0.3 is 0 Å². The maximum absolute atomic E-state index is 11.2. The number of likely N-dealkylation sites (tertiary alicyclic amines) is 1. The van der Waals surface area contributed by atoms with E-state index in [4.69, 9.17) is 4.42 Å². The Morgan fingerprint density at radius 2 is 2.05 bits per heavy atom. The van der Waals surface area contributed by atoms with Crippen molar-refractivity contribution in [3.8, 4) is 0 Å². The van der Waals surface area contributed by atoms with Crippen molar-refractivity contribution >= 4 is 35.0 Å². The molecule has 1 aromatic heterocycles. The zero-order valence-corrected chi connectivity index (χ0v) is 13.2. The van der Waals surface area contributed by atoms with Gasteiger partial charge in [0.25, 0.3) is 0 Å². The van der Waals surface area contributed by atoms with Crippen LogP contribution in [-0.4, -0.2) is 30.9 Å². The molecule has 0 saturated carbocycles. The topological polar surface area (TPSA) is 45.5 Å². The standard InChI is InChI=1S/C16H20N2O2.ClH/c1-11(19)17-13-3-4-16-14(9-13)15(10-20-16)12-5-7-18(2)8-6-12;/h3-4,9-10,12H,5-8H2,1-2H3,(H,17,19);1H. The van der Waals surface area contributed by atoms with Gasteiger partial charge in [0, 0.05) is 23.6 Å². The molecule has 0 atom stereocenters. The molecule has 0 aliphatic carbocycles. The molecule has 21 heavy (non-hydrogen) atoms. The zero-order valence-electron chi connectivity index (χ0n) is 12.4. The summed E-state index contributed by atoms with van der Waals surface area (Å²) < 4.78 is 5.66. The van der Waals surface area contributed by atoms with E-state index < -0.39 is 0 Å². The smallest absolute Gasteiger partial charge is 0.221 e. The lowest BCUT2D eigenvalue weighted by Crippen LogP contribution is -2.29. The quantitative estimate of drug-likeness (QED) is 0.921. The first-order chi connectivity index (χ1) is 9.63. The molecule has 1 aromatic carbocycles. The highest BCUT2D eigenvalue weighted by Gasteiger charge is 2.22.